The van der Waals surface area contributed by atoms with E-state index < -0.39 is 30.4 Å². The lowest BCUT2D eigenvalue weighted by atomic mass is 10.0. The molecule has 15 aromatic rings. The van der Waals surface area contributed by atoms with Crippen LogP contribution in [0.15, 0.2) is 451 Å². The Kier molecular flexibility index (Phi) is 32.8. The van der Waals surface area contributed by atoms with Crippen molar-refractivity contribution in [1.82, 2.24) is 0 Å². The molecule has 145 heavy (non-hydrogen) atoms. The van der Waals surface area contributed by atoms with Gasteiger partial charge in [-0.25, -0.2) is 25.0 Å². The monoisotopic (exact) mass is 2090 g/mol. The molecule has 18 rings (SSSR count). The van der Waals surface area contributed by atoms with Gasteiger partial charge in [-0.3, -0.25) is 18.7 Å². The molecule has 0 atom stereocenters. The predicted octanol–water partition coefficient (Wildman–Crippen LogP) is 27.5. The Hall–Kier alpha value is -16.6. The number of rotatable bonds is 30. The summed E-state index contributed by atoms with van der Waals surface area (Å²) >= 11 is 2.15. The summed E-state index contributed by atoms with van der Waals surface area (Å²) in [6.07, 6.45) is 25.7. The zero-order valence-electron chi connectivity index (χ0n) is 79.1. The number of halogens is 1. The number of allylic oxidation sites excluding steroid dienone is 12. The van der Waals surface area contributed by atoms with Crippen LogP contribution in [-0.4, -0.2) is 100 Å². The lowest BCUT2D eigenvalue weighted by molar-refractivity contribution is 0.466. The molecule has 0 aliphatic heterocycles. The maximum atomic E-state index is 12.6. The van der Waals surface area contributed by atoms with Crippen molar-refractivity contribution < 1.29 is 54.2 Å². The molecule has 24 nitrogen and oxygen atoms in total. The average molecular weight is 2090 g/mol. The zero-order valence-corrected chi connectivity index (χ0v) is 83.7. The highest BCUT2D eigenvalue weighted by Gasteiger charge is 2.24. The van der Waals surface area contributed by atoms with Crippen molar-refractivity contribution in [3.05, 3.63) is 473 Å². The van der Waals surface area contributed by atoms with Crippen LogP contribution in [0.4, 0.5) is 96.7 Å². The normalized spacial score (nSPS) is 12.6. The zero-order chi connectivity index (χ0) is 102. The van der Waals surface area contributed by atoms with E-state index in [2.05, 4.69) is 88.7 Å². The first kappa shape index (κ1) is 101. The lowest BCUT2D eigenvalue weighted by Crippen LogP contribution is -2.05. The Morgan fingerprint density at radius 1 is 0.241 bits per heavy atom. The van der Waals surface area contributed by atoms with Crippen LogP contribution < -0.4 is 31.9 Å². The number of nitrogens with one attached hydrogen (secondary N) is 6. The fourth-order valence-electron chi connectivity index (χ4n) is 15.8. The van der Waals surface area contributed by atoms with E-state index in [1.807, 2.05) is 346 Å². The number of aliphatic imine (C=N–C) groups is 6. The summed E-state index contributed by atoms with van der Waals surface area (Å²) < 4.78 is 104. The van der Waals surface area contributed by atoms with Gasteiger partial charge in [0.1, 0.15) is 31.9 Å². The second-order valence-electron chi connectivity index (χ2n) is 34.3. The number of alkyl halides is 1. The number of nitrogens with zero attached hydrogens (tertiary/aromatic N) is 6. The summed E-state index contributed by atoms with van der Waals surface area (Å²) in [4.78, 5) is 28.9. The van der Waals surface area contributed by atoms with E-state index in [0.29, 0.717) is 46.6 Å². The summed E-state index contributed by atoms with van der Waals surface area (Å²) in [7, 11) is -12.1. The molecule has 12 N–H and O–H groups in total. The van der Waals surface area contributed by atoms with Gasteiger partial charge in [0.25, 0.3) is 30.4 Å². The van der Waals surface area contributed by atoms with Gasteiger partial charge >= 0.3 is 0 Å². The number of hydrogen-bond donors (Lipinski definition) is 12. The van der Waals surface area contributed by atoms with E-state index in [9.17, 15) is 54.2 Å². The van der Waals surface area contributed by atoms with Crippen LogP contribution >= 0.6 is 22.6 Å². The Labute approximate surface area is 856 Å². The highest BCUT2D eigenvalue weighted by molar-refractivity contribution is 14.1. The average Bonchev–Trinajstić information content (AvgIpc) is 0.795. The SMILES string of the molecule is CI.CN=C1C=CC(=Nc2ccc(Nc3ccc(Cc4cc(S(=O)(=O)O)c(Nc5ccc(Cc6ccc(N=C7C=CC(=Nc8ccc(Nc9ccccc9)cc8)C=C7)cc6)cc5)cc4O)cc3)cc2)C=C1.Cc1ccc(Cc2ccc(Nc3cc(O)c(Cc4ccc(Nc5ccc(N=C6C=CC(=Nc7ccc(Cc8ccc(Nc9cc(O)c(C)cc9S(=O)(=O)O)cc8)cc7)C=C6)cc5)cc4)cc3S(=O)(=O)O)cc2)cc1. The Balaban J connectivity index is 0.000000205. The Morgan fingerprint density at radius 3 is 0.710 bits per heavy atom. The van der Waals surface area contributed by atoms with Crippen LogP contribution in [0.1, 0.15) is 66.8 Å². The fraction of sp³-hybridized carbons (Fsp3) is 0.0769. The molecule has 3 aliphatic rings. The van der Waals surface area contributed by atoms with Crippen molar-refractivity contribution in [1.29, 1.82) is 0 Å². The number of aryl methyl sites for hydroxylation is 2. The van der Waals surface area contributed by atoms with Crippen molar-refractivity contribution in [3.63, 3.8) is 0 Å². The largest absolute Gasteiger partial charge is 0.508 e. The third-order valence-corrected chi connectivity index (χ3v) is 26.1. The van der Waals surface area contributed by atoms with E-state index >= 15 is 0 Å². The van der Waals surface area contributed by atoms with Gasteiger partial charge in [-0.2, -0.15) is 25.3 Å². The number of phenolic OH excluding ortho intramolecular Hbond substituents is 3. The highest BCUT2D eigenvalue weighted by atomic mass is 127. The number of benzene rings is 15. The quantitative estimate of drug-likeness (QED) is 0.00861. The minimum Gasteiger partial charge on any atom is -0.508 e. The maximum absolute atomic E-state index is 12.6. The predicted molar refractivity (Wildman–Crippen MR) is 598 cm³/mol. The van der Waals surface area contributed by atoms with Crippen molar-refractivity contribution in [3.8, 4) is 17.2 Å². The number of hydrogen-bond acceptors (Lipinski definition) is 21. The summed E-state index contributed by atoms with van der Waals surface area (Å²) in [5, 5.41) is 51.4. The maximum Gasteiger partial charge on any atom is 0.296 e. The van der Waals surface area contributed by atoms with Gasteiger partial charge in [0.15, 0.2) is 0 Å². The molecule has 0 heterocycles. The van der Waals surface area contributed by atoms with Crippen molar-refractivity contribution >= 4 is 184 Å². The van der Waals surface area contributed by atoms with Gasteiger partial charge in [-0.1, -0.05) is 156 Å². The van der Waals surface area contributed by atoms with Crippen LogP contribution in [0.3, 0.4) is 0 Å². The molecule has 28 heteroatoms. The molecule has 0 bridgehead atoms. The molecule has 0 radical (unpaired) electrons. The number of para-hydroxylation sites is 1. The van der Waals surface area contributed by atoms with E-state index in [1.54, 1.807) is 26.1 Å². The summed E-state index contributed by atoms with van der Waals surface area (Å²) in [5.74, 6) is -0.315. The van der Waals surface area contributed by atoms with Crippen molar-refractivity contribution in [2.24, 2.45) is 30.0 Å². The topological polar surface area (TPSA) is 370 Å². The van der Waals surface area contributed by atoms with E-state index in [0.717, 1.165) is 142 Å². The van der Waals surface area contributed by atoms with Crippen LogP contribution in [0.25, 0.3) is 0 Å². The van der Waals surface area contributed by atoms with Gasteiger partial charge in [0.05, 0.1) is 79.8 Å². The molecule has 0 saturated heterocycles. The summed E-state index contributed by atoms with van der Waals surface area (Å²) in [6, 6.07) is 103. The number of anilines is 12. The fourth-order valence-corrected chi connectivity index (χ4v) is 17.9. The van der Waals surface area contributed by atoms with Gasteiger partial charge < -0.3 is 47.2 Å². The highest BCUT2D eigenvalue weighted by Crippen LogP contribution is 2.39. The Bertz CT molecular complexity index is 7950. The van der Waals surface area contributed by atoms with Crippen LogP contribution in [0, 0.1) is 13.8 Å². The first-order valence-electron chi connectivity index (χ1n) is 46.0. The minimum absolute atomic E-state index is 0.0563. The minimum atomic E-state index is -4.65. The molecule has 726 valence electrons. The van der Waals surface area contributed by atoms with Crippen LogP contribution in [0.5, 0.6) is 17.2 Å². The second-order valence-corrected chi connectivity index (χ2v) is 38.5. The van der Waals surface area contributed by atoms with Crippen molar-refractivity contribution in [2.45, 2.75) is 60.6 Å². The number of phenols is 3. The first-order chi connectivity index (χ1) is 70.0. The molecule has 0 amide bonds. The summed E-state index contributed by atoms with van der Waals surface area (Å²) in [6.45, 7) is 3.59. The smallest absolute Gasteiger partial charge is 0.296 e. The van der Waals surface area contributed by atoms with Gasteiger partial charge in [0.2, 0.25) is 0 Å². The van der Waals surface area contributed by atoms with E-state index in [1.165, 1.54) is 47.5 Å². The molecule has 0 fully saturated rings. The lowest BCUT2D eigenvalue weighted by Gasteiger charge is -2.15. The standard InChI is InChI=1S/C59H51N5O8S2.C57H47N7O4S.CH3I/c1-38-3-5-40(6-4-38)32-42-9-21-53(22-10-42)64-55-37-57(66)45(35-59(55)74(70,71)72)34-44-13-17-47(18-14-44)61-49-25-29-51(30-26-49)62-50-27-23-48(24-28-50)60-46-15-7-41(8-16-46)33-43-11-19-52(20-12-43)63-54-36-56(65)39(2)31-58(54)73(67,68)69;1-58-43-19-21-47(22-20-43)62-51-31-27-50(28-32-51)61-46-15-11-41(12-16-46)36-42-37-57(69(66,67)68)55(38-56(42)65)64-54-17-9-40(10-18-54)35-39-7-13-45(14-8-39)60-49-29-33-53(34-30-49)63-52-25-23-48(24-26-52)59-44-5-3-2-4-6-44;1-2/h3-31,35-37,61,63-66H,32-34H2,1-2H3,(H,67,68,69)(H,70,71,72);2-34,37-38,59,61,64-65H,35-36H2,1H3,(H,66,67,68);1H3. The molecular formula is C117H101IN12O12S3. The number of aromatic hydroxyl groups is 3. The Morgan fingerprint density at radius 2 is 0.448 bits per heavy atom. The second kappa shape index (κ2) is 46.9. The van der Waals surface area contributed by atoms with E-state index in [4.69, 9.17) is 20.0 Å². The molecule has 15 aromatic carbocycles. The van der Waals surface area contributed by atoms with Gasteiger partial charge in [0, 0.05) is 89.3 Å². The molecule has 0 aromatic heterocycles. The first-order valence-corrected chi connectivity index (χ1v) is 52.5. The third-order valence-electron chi connectivity index (χ3n) is 23.4. The molecule has 3 aliphatic carbocycles. The van der Waals surface area contributed by atoms with E-state index in [-0.39, 0.29) is 61.8 Å². The van der Waals surface area contributed by atoms with Crippen LogP contribution in [-0.2, 0) is 62.5 Å². The molecule has 0 unspecified atom stereocenters. The molecule has 0 saturated carbocycles. The summed E-state index contributed by atoms with van der Waals surface area (Å²) in [5.41, 5.74) is 26.8. The third kappa shape index (κ3) is 28.9. The molecular weight excluding hydrogens is 1990 g/mol. The van der Waals surface area contributed by atoms with Crippen molar-refractivity contribution in [2.75, 3.05) is 43.9 Å². The van der Waals surface area contributed by atoms with Gasteiger partial charge in [-0.15, -0.1) is 0 Å². The van der Waals surface area contributed by atoms with Gasteiger partial charge in [-0.05, 0) is 360 Å². The molecule has 0 spiro atoms. The van der Waals surface area contributed by atoms with Crippen LogP contribution in [0.2, 0.25) is 0 Å².